The average Bonchev–Trinajstić information content (AvgIpc) is 2.18. The van der Waals surface area contributed by atoms with Crippen LogP contribution in [0.2, 0.25) is 0 Å². The second-order valence-electron chi connectivity index (χ2n) is 4.73. The summed E-state index contributed by atoms with van der Waals surface area (Å²) < 4.78 is 5.02. The number of rotatable bonds is 3. The molecule has 1 saturated heterocycles. The van der Waals surface area contributed by atoms with Crippen molar-refractivity contribution in [2.24, 2.45) is 0 Å². The Labute approximate surface area is 97.7 Å². The third-order valence-corrected chi connectivity index (χ3v) is 2.80. The van der Waals surface area contributed by atoms with Crippen molar-refractivity contribution in [2.45, 2.75) is 26.0 Å². The van der Waals surface area contributed by atoms with Gasteiger partial charge in [0.1, 0.15) is 0 Å². The van der Waals surface area contributed by atoms with Crippen LogP contribution in [0.4, 0.5) is 4.79 Å². The fourth-order valence-corrected chi connectivity index (χ4v) is 1.78. The fraction of sp³-hybridized carbons (Fsp3) is 0.909. The van der Waals surface area contributed by atoms with E-state index < -0.39 is 0 Å². The summed E-state index contributed by atoms with van der Waals surface area (Å²) in [5, 5.41) is 2.81. The summed E-state index contributed by atoms with van der Waals surface area (Å²) in [5.74, 6) is 0. The molecule has 0 aliphatic carbocycles. The molecule has 1 aliphatic heterocycles. The zero-order valence-electron chi connectivity index (χ0n) is 10.7. The molecule has 0 aromatic rings. The van der Waals surface area contributed by atoms with Crippen LogP contribution in [-0.4, -0.2) is 68.3 Å². The Morgan fingerprint density at radius 2 is 2.12 bits per heavy atom. The molecule has 5 heteroatoms. The third-order valence-electron chi connectivity index (χ3n) is 2.80. The highest BCUT2D eigenvalue weighted by Crippen LogP contribution is 2.04. The lowest BCUT2D eigenvalue weighted by Gasteiger charge is -2.37. The lowest BCUT2D eigenvalue weighted by Crippen LogP contribution is -2.54. The van der Waals surface area contributed by atoms with Gasteiger partial charge in [-0.25, -0.2) is 4.79 Å². The lowest BCUT2D eigenvalue weighted by atomic mass is 10.2. The summed E-state index contributed by atoms with van der Waals surface area (Å²) in [6, 6.07) is 0.374. The van der Waals surface area contributed by atoms with Gasteiger partial charge in [-0.2, -0.15) is 0 Å². The van der Waals surface area contributed by atoms with Crippen LogP contribution < -0.4 is 5.32 Å². The van der Waals surface area contributed by atoms with Crippen molar-refractivity contribution in [1.29, 1.82) is 0 Å². The summed E-state index contributed by atoms with van der Waals surface area (Å²) in [4.78, 5) is 15.9. The standard InChI is InChI=1S/C11H23N3O2/c1-9(2)16-11(15)12-7-10-8-13(3)5-6-14(10)4/h9-10H,5-8H2,1-4H3,(H,12,15). The maximum atomic E-state index is 11.3. The zero-order chi connectivity index (χ0) is 12.1. The first-order chi connectivity index (χ1) is 7.49. The Morgan fingerprint density at radius 3 is 2.75 bits per heavy atom. The molecular formula is C11H23N3O2. The molecule has 1 rings (SSSR count). The number of piperazine rings is 1. The number of likely N-dealkylation sites (N-methyl/N-ethyl adjacent to an activating group) is 2. The van der Waals surface area contributed by atoms with Crippen LogP contribution >= 0.6 is 0 Å². The second kappa shape index (κ2) is 6.06. The first-order valence-corrected chi connectivity index (χ1v) is 5.82. The molecule has 1 fully saturated rings. The van der Waals surface area contributed by atoms with Gasteiger partial charge >= 0.3 is 6.09 Å². The summed E-state index contributed by atoms with van der Waals surface area (Å²) in [6.45, 7) is 7.45. The summed E-state index contributed by atoms with van der Waals surface area (Å²) in [7, 11) is 4.19. The minimum atomic E-state index is -0.323. The molecule has 1 N–H and O–H groups in total. The number of carbonyl (C=O) groups is 1. The van der Waals surface area contributed by atoms with Crippen LogP contribution in [-0.2, 0) is 4.74 Å². The molecule has 1 heterocycles. The van der Waals surface area contributed by atoms with Crippen molar-refractivity contribution < 1.29 is 9.53 Å². The molecule has 16 heavy (non-hydrogen) atoms. The Bertz CT molecular complexity index is 233. The molecule has 1 atom stereocenters. The van der Waals surface area contributed by atoms with Gasteiger partial charge < -0.3 is 15.0 Å². The van der Waals surface area contributed by atoms with Crippen molar-refractivity contribution in [3.8, 4) is 0 Å². The van der Waals surface area contributed by atoms with Gasteiger partial charge in [0, 0.05) is 32.2 Å². The number of hydrogen-bond acceptors (Lipinski definition) is 4. The van der Waals surface area contributed by atoms with E-state index in [-0.39, 0.29) is 12.2 Å². The van der Waals surface area contributed by atoms with Crippen LogP contribution in [0.3, 0.4) is 0 Å². The van der Waals surface area contributed by atoms with Gasteiger partial charge in [-0.3, -0.25) is 4.90 Å². The van der Waals surface area contributed by atoms with Gasteiger partial charge in [0.25, 0.3) is 0 Å². The van der Waals surface area contributed by atoms with Crippen LogP contribution in [0, 0.1) is 0 Å². The van der Waals surface area contributed by atoms with E-state index in [1.807, 2.05) is 13.8 Å². The van der Waals surface area contributed by atoms with Gasteiger partial charge in [0.15, 0.2) is 0 Å². The molecule has 1 unspecified atom stereocenters. The lowest BCUT2D eigenvalue weighted by molar-refractivity contribution is 0.0956. The highest BCUT2D eigenvalue weighted by atomic mass is 16.6. The van der Waals surface area contributed by atoms with Gasteiger partial charge in [-0.1, -0.05) is 0 Å². The first-order valence-electron chi connectivity index (χ1n) is 5.82. The van der Waals surface area contributed by atoms with E-state index in [1.165, 1.54) is 0 Å². The number of ether oxygens (including phenoxy) is 1. The molecule has 5 nitrogen and oxygen atoms in total. The van der Waals surface area contributed by atoms with E-state index in [0.29, 0.717) is 12.6 Å². The quantitative estimate of drug-likeness (QED) is 0.759. The van der Waals surface area contributed by atoms with Gasteiger partial charge in [-0.15, -0.1) is 0 Å². The molecule has 0 radical (unpaired) electrons. The Kier molecular flexibility index (Phi) is 5.02. The number of carbonyl (C=O) groups excluding carboxylic acids is 1. The van der Waals surface area contributed by atoms with Crippen molar-refractivity contribution in [3.05, 3.63) is 0 Å². The van der Waals surface area contributed by atoms with E-state index in [9.17, 15) is 4.79 Å². The van der Waals surface area contributed by atoms with Crippen LogP contribution in [0.15, 0.2) is 0 Å². The number of alkyl carbamates (subject to hydrolysis) is 1. The van der Waals surface area contributed by atoms with E-state index in [2.05, 4.69) is 29.2 Å². The molecule has 94 valence electrons. The molecule has 1 aliphatic rings. The highest BCUT2D eigenvalue weighted by Gasteiger charge is 2.22. The number of nitrogens with zero attached hydrogens (tertiary/aromatic N) is 2. The molecule has 0 saturated carbocycles. The summed E-state index contributed by atoms with van der Waals surface area (Å²) in [6.07, 6.45) is -0.386. The topological polar surface area (TPSA) is 44.8 Å². The number of nitrogens with one attached hydrogen (secondary N) is 1. The van der Waals surface area contributed by atoms with Crippen LogP contribution in [0.25, 0.3) is 0 Å². The third kappa shape index (κ3) is 4.37. The second-order valence-corrected chi connectivity index (χ2v) is 4.73. The van der Waals surface area contributed by atoms with E-state index in [4.69, 9.17) is 4.74 Å². The predicted molar refractivity (Wildman–Crippen MR) is 63.5 cm³/mol. The van der Waals surface area contributed by atoms with E-state index >= 15 is 0 Å². The normalized spacial score (nSPS) is 23.4. The van der Waals surface area contributed by atoms with Crippen molar-refractivity contribution >= 4 is 6.09 Å². The smallest absolute Gasteiger partial charge is 0.407 e. The molecule has 1 amide bonds. The van der Waals surface area contributed by atoms with Crippen molar-refractivity contribution in [2.75, 3.05) is 40.3 Å². The van der Waals surface area contributed by atoms with E-state index in [1.54, 1.807) is 0 Å². The number of hydrogen-bond donors (Lipinski definition) is 1. The minimum absolute atomic E-state index is 0.0632. The monoisotopic (exact) mass is 229 g/mol. The molecule has 0 aromatic heterocycles. The van der Waals surface area contributed by atoms with Crippen molar-refractivity contribution in [1.82, 2.24) is 15.1 Å². The van der Waals surface area contributed by atoms with Gasteiger partial charge in [0.2, 0.25) is 0 Å². The average molecular weight is 229 g/mol. The largest absolute Gasteiger partial charge is 0.447 e. The maximum Gasteiger partial charge on any atom is 0.407 e. The fourth-order valence-electron chi connectivity index (χ4n) is 1.78. The molecular weight excluding hydrogens is 206 g/mol. The zero-order valence-corrected chi connectivity index (χ0v) is 10.7. The molecule has 0 spiro atoms. The first kappa shape index (κ1) is 13.3. The van der Waals surface area contributed by atoms with E-state index in [0.717, 1.165) is 19.6 Å². The highest BCUT2D eigenvalue weighted by molar-refractivity contribution is 5.67. The maximum absolute atomic E-state index is 11.3. The van der Waals surface area contributed by atoms with Crippen LogP contribution in [0.1, 0.15) is 13.8 Å². The van der Waals surface area contributed by atoms with Gasteiger partial charge in [-0.05, 0) is 27.9 Å². The molecule has 0 bridgehead atoms. The minimum Gasteiger partial charge on any atom is -0.447 e. The molecule has 0 aromatic carbocycles. The van der Waals surface area contributed by atoms with Crippen molar-refractivity contribution in [3.63, 3.8) is 0 Å². The predicted octanol–water partition coefficient (Wildman–Crippen LogP) is 0.367. The van der Waals surface area contributed by atoms with Crippen LogP contribution in [0.5, 0.6) is 0 Å². The Balaban J connectivity index is 2.27. The number of amides is 1. The Hall–Kier alpha value is -0.810. The Morgan fingerprint density at radius 1 is 1.44 bits per heavy atom. The summed E-state index contributed by atoms with van der Waals surface area (Å²) >= 11 is 0. The summed E-state index contributed by atoms with van der Waals surface area (Å²) in [5.41, 5.74) is 0. The SMILES string of the molecule is CC(C)OC(=O)NCC1CN(C)CCN1C. The van der Waals surface area contributed by atoms with Gasteiger partial charge in [0.05, 0.1) is 6.10 Å².